The summed E-state index contributed by atoms with van der Waals surface area (Å²) in [5.41, 5.74) is 1.16. The van der Waals surface area contributed by atoms with Crippen molar-refractivity contribution in [1.29, 1.82) is 0 Å². The third kappa shape index (κ3) is 9.69. The van der Waals surface area contributed by atoms with Gasteiger partial charge in [-0.3, -0.25) is 4.79 Å². The number of carbonyl (C=O) groups is 2. The molecule has 0 fully saturated rings. The van der Waals surface area contributed by atoms with Gasteiger partial charge in [0.15, 0.2) is 0 Å². The number of urea groups is 1. The number of anilines is 2. The topological polar surface area (TPSA) is 147 Å². The third-order valence-electron chi connectivity index (χ3n) is 8.25. The van der Waals surface area contributed by atoms with Gasteiger partial charge >= 0.3 is 6.03 Å². The van der Waals surface area contributed by atoms with E-state index in [0.29, 0.717) is 35.9 Å². The minimum absolute atomic E-state index is 0.0877. The van der Waals surface area contributed by atoms with Crippen molar-refractivity contribution < 1.29 is 37.3 Å². The van der Waals surface area contributed by atoms with Crippen LogP contribution in [0.2, 0.25) is 0 Å². The zero-order chi connectivity index (χ0) is 34.8. The molecule has 1 aliphatic rings. The molecular formula is C34H46N4O8S2. The summed E-state index contributed by atoms with van der Waals surface area (Å²) in [6.07, 6.45) is 1.49. The standard InChI is InChI=1S/C34H46N4O8S2/c1-23-20-38(24(2)22-39)33(40)29-19-27(36-34(41)35-26-11-14-28(44-5)15-12-26)13-16-30(29)46-25(3)9-6-7-17-45-31(23)21-37(4)48(42,43)32-10-8-18-47-32/h8,10-16,18-19,23-25,31,39H,6-7,9,17,20-22H2,1-5H3,(H2,35,36,41)/t23-,24-,25-,31-/m1/s1. The lowest BCUT2D eigenvalue weighted by Gasteiger charge is -2.35. The molecule has 0 aliphatic carbocycles. The molecule has 0 saturated heterocycles. The molecule has 12 nitrogen and oxygen atoms in total. The van der Waals surface area contributed by atoms with Gasteiger partial charge < -0.3 is 34.9 Å². The SMILES string of the molecule is COc1ccc(NC(=O)Nc2ccc3c(c2)C(=O)N([C@H](C)CO)C[C@@H](C)[C@@H](CN(C)S(=O)(=O)c2cccs2)OCCCC[C@@H](C)O3)cc1. The highest BCUT2D eigenvalue weighted by atomic mass is 32.2. The second-order valence-corrected chi connectivity index (χ2v) is 15.3. The number of benzene rings is 2. The fraction of sp³-hybridized carbons (Fsp3) is 0.471. The van der Waals surface area contributed by atoms with E-state index in [2.05, 4.69) is 10.6 Å². The van der Waals surface area contributed by atoms with Crippen LogP contribution in [0.1, 0.15) is 50.4 Å². The molecule has 1 aliphatic heterocycles. The normalized spacial score (nSPS) is 20.3. The number of ether oxygens (including phenoxy) is 3. The maximum Gasteiger partial charge on any atom is 0.323 e. The van der Waals surface area contributed by atoms with E-state index in [0.717, 1.165) is 24.2 Å². The zero-order valence-corrected chi connectivity index (χ0v) is 29.7. The quantitative estimate of drug-likeness (QED) is 0.264. The second-order valence-electron chi connectivity index (χ2n) is 12.0. The van der Waals surface area contributed by atoms with Crippen LogP contribution in [-0.4, -0.2) is 93.4 Å². The molecule has 0 bridgehead atoms. The van der Waals surface area contributed by atoms with E-state index in [1.165, 1.54) is 11.4 Å². The fourth-order valence-electron chi connectivity index (χ4n) is 5.35. The highest BCUT2D eigenvalue weighted by Crippen LogP contribution is 2.29. The van der Waals surface area contributed by atoms with E-state index in [-0.39, 0.29) is 41.5 Å². The van der Waals surface area contributed by atoms with Crippen LogP contribution in [0.15, 0.2) is 64.2 Å². The predicted octanol–water partition coefficient (Wildman–Crippen LogP) is 5.52. The lowest BCUT2D eigenvalue weighted by molar-refractivity contribution is -0.00832. The number of aliphatic hydroxyl groups excluding tert-OH is 1. The van der Waals surface area contributed by atoms with Crippen molar-refractivity contribution in [2.24, 2.45) is 5.92 Å². The van der Waals surface area contributed by atoms with Crippen LogP contribution in [0.3, 0.4) is 0 Å². The van der Waals surface area contributed by atoms with Crippen molar-refractivity contribution in [3.8, 4) is 11.5 Å². The van der Waals surface area contributed by atoms with Crippen molar-refractivity contribution in [3.05, 3.63) is 65.5 Å². The first-order chi connectivity index (χ1) is 22.9. The highest BCUT2D eigenvalue weighted by Gasteiger charge is 2.32. The third-order valence-corrected chi connectivity index (χ3v) is 11.5. The van der Waals surface area contributed by atoms with E-state index >= 15 is 0 Å². The molecule has 4 atom stereocenters. The fourth-order valence-corrected chi connectivity index (χ4v) is 7.73. The minimum atomic E-state index is -3.72. The monoisotopic (exact) mass is 702 g/mol. The predicted molar refractivity (Wildman–Crippen MR) is 187 cm³/mol. The number of amides is 3. The number of nitrogens with one attached hydrogen (secondary N) is 2. The number of methoxy groups -OCH3 is 1. The first-order valence-corrected chi connectivity index (χ1v) is 18.3. The zero-order valence-electron chi connectivity index (χ0n) is 28.0. The number of hydrogen-bond donors (Lipinski definition) is 3. The summed E-state index contributed by atoms with van der Waals surface area (Å²) in [4.78, 5) is 28.8. The van der Waals surface area contributed by atoms with Crippen LogP contribution in [0.25, 0.3) is 0 Å². The molecule has 0 saturated carbocycles. The van der Waals surface area contributed by atoms with Gasteiger partial charge in [0.2, 0.25) is 0 Å². The van der Waals surface area contributed by atoms with E-state index in [4.69, 9.17) is 14.2 Å². The number of nitrogens with zero attached hydrogens (tertiary/aromatic N) is 2. The Morgan fingerprint density at radius 2 is 1.83 bits per heavy atom. The molecule has 1 aromatic heterocycles. The Kier molecular flexibility index (Phi) is 13.2. The van der Waals surface area contributed by atoms with E-state index in [1.54, 1.807) is 78.9 Å². The van der Waals surface area contributed by atoms with Crippen LogP contribution in [-0.2, 0) is 14.8 Å². The minimum Gasteiger partial charge on any atom is -0.497 e. The molecule has 0 spiro atoms. The molecule has 48 heavy (non-hydrogen) atoms. The van der Waals surface area contributed by atoms with E-state index in [9.17, 15) is 23.1 Å². The van der Waals surface area contributed by atoms with E-state index < -0.39 is 34.1 Å². The van der Waals surface area contributed by atoms with Crippen molar-refractivity contribution in [3.63, 3.8) is 0 Å². The molecule has 14 heteroatoms. The molecule has 3 N–H and O–H groups in total. The highest BCUT2D eigenvalue weighted by molar-refractivity contribution is 7.91. The number of fused-ring (bicyclic) bond motifs is 1. The Morgan fingerprint density at radius 1 is 1.12 bits per heavy atom. The average molecular weight is 703 g/mol. The Labute approximate surface area is 287 Å². The molecule has 3 aromatic rings. The molecule has 2 heterocycles. The Hall–Kier alpha value is -3.69. The number of sulfonamides is 1. The van der Waals surface area contributed by atoms with Crippen molar-refractivity contribution in [1.82, 2.24) is 9.21 Å². The summed E-state index contributed by atoms with van der Waals surface area (Å²) >= 11 is 1.15. The van der Waals surface area contributed by atoms with Gasteiger partial charge in [0.1, 0.15) is 15.7 Å². The Balaban J connectivity index is 1.61. The van der Waals surface area contributed by atoms with Crippen LogP contribution in [0.5, 0.6) is 11.5 Å². The Bertz CT molecular complexity index is 1600. The number of likely N-dealkylation sites (N-methyl/N-ethyl adjacent to an activating group) is 1. The maximum absolute atomic E-state index is 14.3. The number of carbonyl (C=O) groups excluding carboxylic acids is 2. The smallest absolute Gasteiger partial charge is 0.323 e. The summed E-state index contributed by atoms with van der Waals surface area (Å²) in [7, 11) is -0.628. The van der Waals surface area contributed by atoms with Gasteiger partial charge in [-0.25, -0.2) is 13.2 Å². The van der Waals surface area contributed by atoms with Gasteiger partial charge in [0.25, 0.3) is 15.9 Å². The van der Waals surface area contributed by atoms with Gasteiger partial charge in [-0.1, -0.05) is 13.0 Å². The molecule has 262 valence electrons. The number of rotatable bonds is 9. The summed E-state index contributed by atoms with van der Waals surface area (Å²) in [6.45, 7) is 5.96. The summed E-state index contributed by atoms with van der Waals surface area (Å²) in [6, 6.07) is 14.0. The molecule has 3 amide bonds. The van der Waals surface area contributed by atoms with Crippen LogP contribution < -0.4 is 20.1 Å². The molecule has 0 unspecified atom stereocenters. The van der Waals surface area contributed by atoms with Gasteiger partial charge in [0.05, 0.1) is 37.5 Å². The Morgan fingerprint density at radius 3 is 2.50 bits per heavy atom. The van der Waals surface area contributed by atoms with Crippen molar-refractivity contribution in [2.75, 3.05) is 51.1 Å². The summed E-state index contributed by atoms with van der Waals surface area (Å²) < 4.78 is 45.8. The molecule has 2 aromatic carbocycles. The average Bonchev–Trinajstić information content (AvgIpc) is 3.62. The summed E-state index contributed by atoms with van der Waals surface area (Å²) in [5.74, 6) is 0.305. The van der Waals surface area contributed by atoms with E-state index in [1.807, 2.05) is 13.8 Å². The maximum atomic E-state index is 14.3. The van der Waals surface area contributed by atoms with Gasteiger partial charge in [-0.2, -0.15) is 4.31 Å². The first-order valence-electron chi connectivity index (χ1n) is 16.0. The first kappa shape index (κ1) is 37.1. The molecular weight excluding hydrogens is 657 g/mol. The van der Waals surface area contributed by atoms with Gasteiger partial charge in [-0.05, 0) is 87.0 Å². The summed E-state index contributed by atoms with van der Waals surface area (Å²) in [5, 5.41) is 17.5. The largest absolute Gasteiger partial charge is 0.497 e. The van der Waals surface area contributed by atoms with Crippen LogP contribution >= 0.6 is 11.3 Å². The number of aliphatic hydroxyl groups is 1. The number of hydrogen-bond acceptors (Lipinski definition) is 9. The van der Waals surface area contributed by atoms with Crippen LogP contribution in [0, 0.1) is 5.92 Å². The lowest BCUT2D eigenvalue weighted by Crippen LogP contribution is -2.48. The molecule has 4 rings (SSSR count). The van der Waals surface area contributed by atoms with Crippen molar-refractivity contribution >= 4 is 44.7 Å². The number of thiophene rings is 1. The lowest BCUT2D eigenvalue weighted by atomic mass is 10.0. The van der Waals surface area contributed by atoms with Crippen molar-refractivity contribution in [2.45, 2.75) is 62.5 Å². The van der Waals surface area contributed by atoms with Gasteiger partial charge in [-0.15, -0.1) is 11.3 Å². The van der Waals surface area contributed by atoms with Gasteiger partial charge in [0, 0.05) is 44.0 Å². The van der Waals surface area contributed by atoms with Crippen LogP contribution in [0.4, 0.5) is 16.2 Å². The second kappa shape index (κ2) is 17.1. The molecule has 0 radical (unpaired) electrons.